The van der Waals surface area contributed by atoms with Crippen LogP contribution in [-0.4, -0.2) is 5.91 Å². The van der Waals surface area contributed by atoms with E-state index in [1.807, 2.05) is 0 Å². The van der Waals surface area contributed by atoms with Gasteiger partial charge in [0.25, 0.3) is 0 Å². The fourth-order valence-corrected chi connectivity index (χ4v) is 2.43. The van der Waals surface area contributed by atoms with E-state index in [9.17, 15) is 9.18 Å². The van der Waals surface area contributed by atoms with Crippen LogP contribution in [0.3, 0.4) is 0 Å². The molecule has 1 spiro atoms. The third-order valence-electron chi connectivity index (χ3n) is 3.39. The fourth-order valence-electron chi connectivity index (χ4n) is 2.43. The summed E-state index contributed by atoms with van der Waals surface area (Å²) in [7, 11) is 0. The first kappa shape index (κ1) is 7.97. The summed E-state index contributed by atoms with van der Waals surface area (Å²) in [6.07, 6.45) is 2.89. The van der Waals surface area contributed by atoms with Crippen LogP contribution in [0.2, 0.25) is 0 Å². The van der Waals surface area contributed by atoms with Crippen LogP contribution in [-0.2, 0) is 10.2 Å². The molecule has 1 saturated carbocycles. The van der Waals surface area contributed by atoms with Crippen molar-refractivity contribution in [2.24, 2.45) is 0 Å². The minimum atomic E-state index is -0.316. The second-order valence-corrected chi connectivity index (χ2v) is 4.08. The molecule has 72 valence electrons. The molecular formula is C11H10FNO. The number of carbonyl (C=O) groups excluding carboxylic acids is 1. The predicted molar refractivity (Wildman–Crippen MR) is 50.6 cm³/mol. The molecule has 3 rings (SSSR count). The molecule has 3 heteroatoms. The summed E-state index contributed by atoms with van der Waals surface area (Å²) in [6.45, 7) is 0. The SMILES string of the molecule is O=C1Nc2cc(F)ccc2C12CCC2. The van der Waals surface area contributed by atoms with Gasteiger partial charge in [0, 0.05) is 5.69 Å². The Morgan fingerprint density at radius 2 is 2.14 bits per heavy atom. The number of carbonyl (C=O) groups is 1. The molecule has 1 aromatic rings. The monoisotopic (exact) mass is 191 g/mol. The average Bonchev–Trinajstić information content (AvgIpc) is 2.34. The maximum Gasteiger partial charge on any atom is 0.235 e. The molecule has 2 nitrogen and oxygen atoms in total. The lowest BCUT2D eigenvalue weighted by atomic mass is 9.65. The Morgan fingerprint density at radius 3 is 2.79 bits per heavy atom. The molecule has 0 bridgehead atoms. The maximum atomic E-state index is 12.9. The normalized spacial score (nSPS) is 21.6. The number of anilines is 1. The van der Waals surface area contributed by atoms with Gasteiger partial charge in [-0.3, -0.25) is 4.79 Å². The Labute approximate surface area is 81.1 Å². The zero-order valence-corrected chi connectivity index (χ0v) is 7.64. The summed E-state index contributed by atoms with van der Waals surface area (Å²) in [5.41, 5.74) is 1.33. The lowest BCUT2D eigenvalue weighted by Crippen LogP contribution is -2.40. The van der Waals surface area contributed by atoms with Crippen LogP contribution >= 0.6 is 0 Å². The lowest BCUT2D eigenvalue weighted by molar-refractivity contribution is -0.123. The molecule has 1 heterocycles. The second-order valence-electron chi connectivity index (χ2n) is 4.08. The van der Waals surface area contributed by atoms with Gasteiger partial charge in [0.15, 0.2) is 0 Å². The molecule has 0 saturated heterocycles. The summed E-state index contributed by atoms with van der Waals surface area (Å²) in [6, 6.07) is 4.57. The van der Waals surface area contributed by atoms with Gasteiger partial charge in [0.2, 0.25) is 5.91 Å². The number of benzene rings is 1. The minimum absolute atomic E-state index is 0.0457. The topological polar surface area (TPSA) is 29.1 Å². The van der Waals surface area contributed by atoms with Crippen LogP contribution in [0.5, 0.6) is 0 Å². The highest BCUT2D eigenvalue weighted by molar-refractivity contribution is 6.06. The number of halogens is 1. The van der Waals surface area contributed by atoms with Crippen LogP contribution < -0.4 is 5.32 Å². The number of hydrogen-bond acceptors (Lipinski definition) is 1. The zero-order chi connectivity index (χ0) is 9.76. The number of amides is 1. The molecule has 1 fully saturated rings. The highest BCUT2D eigenvalue weighted by Crippen LogP contribution is 2.50. The summed E-state index contributed by atoms with van der Waals surface area (Å²) in [5.74, 6) is -0.246. The maximum absolute atomic E-state index is 12.9. The van der Waals surface area contributed by atoms with Crippen molar-refractivity contribution in [1.29, 1.82) is 0 Å². The standard InChI is InChI=1S/C11H10FNO/c12-7-2-3-8-9(6-7)13-10(14)11(8)4-1-5-11/h2-3,6H,1,4-5H2,(H,13,14). The van der Waals surface area contributed by atoms with Gasteiger partial charge in [-0.1, -0.05) is 12.5 Å². The molecule has 0 radical (unpaired) electrons. The molecule has 0 atom stereocenters. The van der Waals surface area contributed by atoms with Gasteiger partial charge in [-0.25, -0.2) is 4.39 Å². The van der Waals surface area contributed by atoms with Gasteiger partial charge in [-0.05, 0) is 30.5 Å². The first-order chi connectivity index (χ1) is 6.72. The smallest absolute Gasteiger partial charge is 0.235 e. The second kappa shape index (κ2) is 2.35. The summed E-state index contributed by atoms with van der Waals surface area (Å²) >= 11 is 0. The first-order valence-electron chi connectivity index (χ1n) is 4.84. The molecule has 14 heavy (non-hydrogen) atoms. The zero-order valence-electron chi connectivity index (χ0n) is 7.64. The number of rotatable bonds is 0. The van der Waals surface area contributed by atoms with Crippen molar-refractivity contribution in [3.8, 4) is 0 Å². The van der Waals surface area contributed by atoms with E-state index in [-0.39, 0.29) is 17.1 Å². The molecule has 1 aliphatic carbocycles. The Kier molecular flexibility index (Phi) is 1.34. The number of hydrogen-bond donors (Lipinski definition) is 1. The highest BCUT2D eigenvalue weighted by Gasteiger charge is 2.50. The largest absolute Gasteiger partial charge is 0.325 e. The van der Waals surface area contributed by atoms with Crippen LogP contribution in [0.1, 0.15) is 24.8 Å². The van der Waals surface area contributed by atoms with Gasteiger partial charge in [-0.15, -0.1) is 0 Å². The van der Waals surface area contributed by atoms with Gasteiger partial charge in [-0.2, -0.15) is 0 Å². The Balaban J connectivity index is 2.18. The van der Waals surface area contributed by atoms with E-state index in [2.05, 4.69) is 5.32 Å². The molecular weight excluding hydrogens is 181 g/mol. The van der Waals surface area contributed by atoms with E-state index in [4.69, 9.17) is 0 Å². The van der Waals surface area contributed by atoms with Crippen molar-refractivity contribution in [3.63, 3.8) is 0 Å². The van der Waals surface area contributed by atoms with Crippen molar-refractivity contribution in [1.82, 2.24) is 0 Å². The predicted octanol–water partition coefficient (Wildman–Crippen LogP) is 2.20. The van der Waals surface area contributed by atoms with Crippen LogP contribution in [0.25, 0.3) is 0 Å². The molecule has 2 aliphatic rings. The van der Waals surface area contributed by atoms with Gasteiger partial charge in [0.1, 0.15) is 5.82 Å². The molecule has 0 aromatic heterocycles. The van der Waals surface area contributed by atoms with Gasteiger partial charge in [0.05, 0.1) is 5.41 Å². The highest BCUT2D eigenvalue weighted by atomic mass is 19.1. The van der Waals surface area contributed by atoms with E-state index in [1.165, 1.54) is 12.1 Å². The lowest BCUT2D eigenvalue weighted by Gasteiger charge is -2.35. The van der Waals surface area contributed by atoms with Crippen molar-refractivity contribution < 1.29 is 9.18 Å². The molecule has 1 N–H and O–H groups in total. The first-order valence-corrected chi connectivity index (χ1v) is 4.84. The summed E-state index contributed by atoms with van der Waals surface area (Å²) < 4.78 is 12.9. The third kappa shape index (κ3) is 0.775. The molecule has 1 aliphatic heterocycles. The molecule has 1 amide bonds. The van der Waals surface area contributed by atoms with E-state index in [0.29, 0.717) is 5.69 Å². The van der Waals surface area contributed by atoms with Crippen molar-refractivity contribution in [2.75, 3.05) is 5.32 Å². The number of fused-ring (bicyclic) bond motifs is 2. The van der Waals surface area contributed by atoms with Crippen LogP contribution in [0.4, 0.5) is 10.1 Å². The summed E-state index contributed by atoms with van der Waals surface area (Å²) in [4.78, 5) is 11.7. The minimum Gasteiger partial charge on any atom is -0.325 e. The average molecular weight is 191 g/mol. The molecule has 1 aromatic carbocycles. The van der Waals surface area contributed by atoms with Crippen LogP contribution in [0.15, 0.2) is 18.2 Å². The van der Waals surface area contributed by atoms with E-state index in [1.54, 1.807) is 6.07 Å². The quantitative estimate of drug-likeness (QED) is 0.669. The van der Waals surface area contributed by atoms with Crippen molar-refractivity contribution >= 4 is 11.6 Å². The van der Waals surface area contributed by atoms with E-state index < -0.39 is 0 Å². The van der Waals surface area contributed by atoms with Crippen LogP contribution in [0, 0.1) is 5.82 Å². The molecule has 0 unspecified atom stereocenters. The van der Waals surface area contributed by atoms with E-state index in [0.717, 1.165) is 24.8 Å². The Bertz CT molecular complexity index is 423. The third-order valence-corrected chi connectivity index (χ3v) is 3.39. The van der Waals surface area contributed by atoms with Crippen molar-refractivity contribution in [3.05, 3.63) is 29.6 Å². The van der Waals surface area contributed by atoms with Gasteiger partial charge >= 0.3 is 0 Å². The van der Waals surface area contributed by atoms with E-state index >= 15 is 0 Å². The Morgan fingerprint density at radius 1 is 1.36 bits per heavy atom. The number of nitrogens with one attached hydrogen (secondary N) is 1. The van der Waals surface area contributed by atoms with Gasteiger partial charge < -0.3 is 5.32 Å². The van der Waals surface area contributed by atoms with Crippen molar-refractivity contribution in [2.45, 2.75) is 24.7 Å². The summed E-state index contributed by atoms with van der Waals surface area (Å²) in [5, 5.41) is 2.75. The fraction of sp³-hybridized carbons (Fsp3) is 0.364. The Hall–Kier alpha value is -1.38.